The molecule has 2 fully saturated rings. The molecule has 2 N–H and O–H groups in total. The van der Waals surface area contributed by atoms with Gasteiger partial charge in [0.25, 0.3) is 0 Å². The molecule has 4 heterocycles. The Kier molecular flexibility index (Phi) is 12.1. The van der Waals surface area contributed by atoms with Crippen LogP contribution in [0.5, 0.6) is 0 Å². The standard InChI is InChI=1S/C22H26N4O2.C19H21N3O2/c1-28-20-9-12-25(15-20)16-21(27)26-13-7-18(8-14-26)17-3-5-19(6-4-17)22-23-10-2-11-24-22;1-13(17-11-16(21-12-23)6-7-18(17)20-2)15-8-9-22(24-3)19(10-15)14-4-5-14/h2-7,10-11,20H,8-9,12-16H2,1H3;6-12,14,20H,1,4-5H2,2-3H3/p+1/t20-;/m0./s1. The van der Waals surface area contributed by atoms with E-state index in [0.717, 1.165) is 71.9 Å². The minimum Gasteiger partial charge on any atom is -0.388 e. The fourth-order valence-electron chi connectivity index (χ4n) is 6.73. The minimum absolute atomic E-state index is 0.212. The van der Waals surface area contributed by atoms with Crippen LogP contribution in [0.2, 0.25) is 0 Å². The van der Waals surface area contributed by atoms with Crippen LogP contribution < -0.4 is 20.2 Å². The van der Waals surface area contributed by atoms with E-state index in [0.29, 0.717) is 25.4 Å². The van der Waals surface area contributed by atoms with Gasteiger partial charge in [-0.25, -0.2) is 9.97 Å². The first-order chi connectivity index (χ1) is 25.4. The van der Waals surface area contributed by atoms with Gasteiger partial charge in [0, 0.05) is 98.0 Å². The summed E-state index contributed by atoms with van der Waals surface area (Å²) in [5.41, 5.74) is 9.30. The van der Waals surface area contributed by atoms with Crippen molar-refractivity contribution in [2.75, 3.05) is 64.6 Å². The first-order valence-corrected chi connectivity index (χ1v) is 17.8. The summed E-state index contributed by atoms with van der Waals surface area (Å²) in [6.45, 7) is 8.02. The molecule has 11 heteroatoms. The molecule has 3 aliphatic rings. The lowest BCUT2D eigenvalue weighted by Gasteiger charge is -2.28. The maximum Gasteiger partial charge on any atom is 0.237 e. The topological polar surface area (TPSA) is 113 Å². The minimum atomic E-state index is 0.212. The Bertz CT molecular complexity index is 1890. The quantitative estimate of drug-likeness (QED) is 0.156. The lowest BCUT2D eigenvalue weighted by atomic mass is 9.97. The third-order valence-corrected chi connectivity index (χ3v) is 9.89. The van der Waals surface area contributed by atoms with E-state index in [-0.39, 0.29) is 12.0 Å². The van der Waals surface area contributed by atoms with Crippen molar-refractivity contribution < 1.29 is 23.9 Å². The van der Waals surface area contributed by atoms with E-state index in [2.05, 4.69) is 68.5 Å². The van der Waals surface area contributed by atoms with E-state index in [4.69, 9.17) is 9.57 Å². The number of pyridine rings is 1. The van der Waals surface area contributed by atoms with Crippen LogP contribution in [0.1, 0.15) is 54.0 Å². The highest BCUT2D eigenvalue weighted by atomic mass is 16.6. The number of nitrogens with one attached hydrogen (secondary N) is 2. The molecule has 0 unspecified atom stereocenters. The van der Waals surface area contributed by atoms with E-state index in [9.17, 15) is 9.59 Å². The summed E-state index contributed by atoms with van der Waals surface area (Å²) in [5.74, 6) is 1.51. The molecule has 2 aliphatic heterocycles. The molecule has 7 rings (SSSR count). The second kappa shape index (κ2) is 17.2. The molecule has 4 aromatic rings. The third-order valence-electron chi connectivity index (χ3n) is 9.89. The van der Waals surface area contributed by atoms with Crippen molar-refractivity contribution in [3.05, 3.63) is 114 Å². The normalized spacial score (nSPS) is 17.0. The number of nitrogens with zero attached hydrogens (tertiary/aromatic N) is 5. The summed E-state index contributed by atoms with van der Waals surface area (Å²) in [5, 5.41) is 5.87. The fraction of sp³-hybridized carbons (Fsp3) is 0.341. The van der Waals surface area contributed by atoms with Crippen LogP contribution >= 0.6 is 0 Å². The second-order valence-corrected chi connectivity index (χ2v) is 13.2. The Balaban J connectivity index is 0.000000181. The predicted molar refractivity (Wildman–Crippen MR) is 203 cm³/mol. The van der Waals surface area contributed by atoms with Gasteiger partial charge < -0.3 is 20.3 Å². The van der Waals surface area contributed by atoms with Crippen LogP contribution in [0.15, 0.2) is 91.9 Å². The lowest BCUT2D eigenvalue weighted by molar-refractivity contribution is -0.890. The fourth-order valence-corrected chi connectivity index (χ4v) is 6.73. The van der Waals surface area contributed by atoms with Crippen LogP contribution in [0.25, 0.3) is 22.5 Å². The van der Waals surface area contributed by atoms with Gasteiger partial charge in [-0.3, -0.25) is 19.3 Å². The van der Waals surface area contributed by atoms with Crippen LogP contribution in [-0.2, 0) is 14.3 Å². The maximum absolute atomic E-state index is 12.6. The Morgan fingerprint density at radius 1 is 1.02 bits per heavy atom. The monoisotopic (exact) mass is 702 g/mol. The van der Waals surface area contributed by atoms with Crippen LogP contribution in [-0.4, -0.2) is 92.2 Å². The van der Waals surface area contributed by atoms with Gasteiger partial charge in [-0.15, -0.1) is 0 Å². The summed E-state index contributed by atoms with van der Waals surface area (Å²) in [7, 11) is 5.29. The number of amides is 2. The van der Waals surface area contributed by atoms with Gasteiger partial charge in [-0.2, -0.15) is 0 Å². The molecule has 1 atom stereocenters. The highest BCUT2D eigenvalue weighted by molar-refractivity contribution is 5.88. The highest BCUT2D eigenvalue weighted by Crippen LogP contribution is 2.39. The van der Waals surface area contributed by atoms with Gasteiger partial charge in [0.05, 0.1) is 12.6 Å². The Hall–Kier alpha value is -5.39. The first-order valence-electron chi connectivity index (χ1n) is 17.8. The molecule has 1 aliphatic carbocycles. The molecule has 52 heavy (non-hydrogen) atoms. The zero-order chi connectivity index (χ0) is 36.5. The number of anilines is 2. The SMILES string of the molecule is C=C(c1cc[n+](OC)c(C2CC2)c1)c1cc(NC=O)ccc1NC.CO[C@H]1CCN(CC(=O)N2CC=C(c3ccc(-c4ncccn4)cc3)CC2)C1. The Morgan fingerprint density at radius 3 is 2.42 bits per heavy atom. The molecule has 0 spiro atoms. The summed E-state index contributed by atoms with van der Waals surface area (Å²) < 4.78 is 7.20. The van der Waals surface area contributed by atoms with Crippen LogP contribution in [0.3, 0.4) is 0 Å². The zero-order valence-corrected chi connectivity index (χ0v) is 30.3. The molecule has 0 bridgehead atoms. The molecule has 1 saturated heterocycles. The molecule has 0 radical (unpaired) electrons. The Labute approximate surface area is 306 Å². The molecular weight excluding hydrogens is 654 g/mol. The molecule has 1 saturated carbocycles. The lowest BCUT2D eigenvalue weighted by Crippen LogP contribution is -2.44. The summed E-state index contributed by atoms with van der Waals surface area (Å²) in [6.07, 6.45) is 12.8. The molecule has 2 aromatic heterocycles. The number of ether oxygens (including phenoxy) is 1. The molecular formula is C41H48N7O4+. The van der Waals surface area contributed by atoms with E-state index >= 15 is 0 Å². The summed E-state index contributed by atoms with van der Waals surface area (Å²) >= 11 is 0. The van der Waals surface area contributed by atoms with Gasteiger partial charge in [-0.05, 0) is 72.2 Å². The first kappa shape index (κ1) is 36.4. The Morgan fingerprint density at radius 2 is 1.79 bits per heavy atom. The number of likely N-dealkylation sites (tertiary alicyclic amines) is 1. The number of methoxy groups -OCH3 is 1. The largest absolute Gasteiger partial charge is 0.388 e. The third kappa shape index (κ3) is 8.90. The van der Waals surface area contributed by atoms with E-state index < -0.39 is 0 Å². The van der Waals surface area contributed by atoms with Crippen molar-refractivity contribution in [2.45, 2.75) is 37.7 Å². The number of benzene rings is 2. The summed E-state index contributed by atoms with van der Waals surface area (Å²) in [6, 6.07) is 20.0. The van der Waals surface area contributed by atoms with Crippen molar-refractivity contribution in [3.8, 4) is 11.4 Å². The number of hydrogen-bond donors (Lipinski definition) is 2. The molecule has 2 amide bonds. The van der Waals surface area contributed by atoms with Crippen molar-refractivity contribution in [3.63, 3.8) is 0 Å². The van der Waals surface area contributed by atoms with Gasteiger partial charge in [-0.1, -0.05) is 36.9 Å². The number of carbonyl (C=O) groups excluding carboxylic acids is 2. The van der Waals surface area contributed by atoms with Crippen LogP contribution in [0, 0.1) is 0 Å². The van der Waals surface area contributed by atoms with E-state index in [1.807, 2.05) is 53.2 Å². The smallest absolute Gasteiger partial charge is 0.237 e. The zero-order valence-electron chi connectivity index (χ0n) is 30.3. The number of carbonyl (C=O) groups is 2. The van der Waals surface area contributed by atoms with Gasteiger partial charge >= 0.3 is 0 Å². The van der Waals surface area contributed by atoms with E-state index in [1.165, 1.54) is 29.7 Å². The van der Waals surface area contributed by atoms with Crippen molar-refractivity contribution in [1.82, 2.24) is 19.8 Å². The van der Waals surface area contributed by atoms with Gasteiger partial charge in [0.2, 0.25) is 24.2 Å². The predicted octanol–water partition coefficient (Wildman–Crippen LogP) is 5.06. The van der Waals surface area contributed by atoms with Crippen molar-refractivity contribution in [2.24, 2.45) is 0 Å². The second-order valence-electron chi connectivity index (χ2n) is 13.2. The number of rotatable bonds is 12. The van der Waals surface area contributed by atoms with Gasteiger partial charge in [0.1, 0.15) is 7.11 Å². The molecule has 11 nitrogen and oxygen atoms in total. The summed E-state index contributed by atoms with van der Waals surface area (Å²) in [4.78, 5) is 41.4. The average molecular weight is 703 g/mol. The average Bonchev–Trinajstić information content (AvgIpc) is 3.96. The number of aromatic nitrogens is 3. The number of hydrogen-bond acceptors (Lipinski definition) is 8. The molecule has 270 valence electrons. The van der Waals surface area contributed by atoms with E-state index in [1.54, 1.807) is 26.6 Å². The van der Waals surface area contributed by atoms with Crippen molar-refractivity contribution >= 4 is 34.8 Å². The van der Waals surface area contributed by atoms with Gasteiger partial charge in [0.15, 0.2) is 5.82 Å². The van der Waals surface area contributed by atoms with Crippen LogP contribution in [0.4, 0.5) is 11.4 Å². The highest BCUT2D eigenvalue weighted by Gasteiger charge is 2.34. The molecule has 2 aromatic carbocycles. The van der Waals surface area contributed by atoms with Crippen molar-refractivity contribution in [1.29, 1.82) is 0 Å². The maximum atomic E-state index is 12.6.